The smallest absolute Gasteiger partial charge is 0.410 e. The number of carbonyl (C=O) groups is 1. The minimum absolute atomic E-state index is 0.248. The highest BCUT2D eigenvalue weighted by atomic mass is 35.5. The van der Waals surface area contributed by atoms with Crippen LogP contribution in [0.25, 0.3) is 11.0 Å². The fraction of sp³-hybridized carbons (Fsp3) is 0.350. The minimum atomic E-state index is -0.248. The van der Waals surface area contributed by atoms with Crippen molar-refractivity contribution in [3.05, 3.63) is 59.6 Å². The summed E-state index contributed by atoms with van der Waals surface area (Å²) in [4.78, 5) is 22.7. The molecule has 7 heteroatoms. The van der Waals surface area contributed by atoms with Gasteiger partial charge in [0, 0.05) is 25.3 Å². The highest BCUT2D eigenvalue weighted by Gasteiger charge is 2.23. The maximum atomic E-state index is 12.4. The molecule has 1 aliphatic rings. The standard InChI is InChI=1S/C20H21ClN4O2/c21-18-17-9-12-25(19(17)23-14-22-18)16-7-4-10-24(11-8-16)20(26)27-13-15-5-2-1-3-6-15/h1-3,5-6,9,12,14,16H,4,7-8,10-11,13H2. The van der Waals surface area contributed by atoms with Crippen molar-refractivity contribution >= 4 is 28.7 Å². The third-order valence-corrected chi connectivity index (χ3v) is 5.32. The number of amides is 1. The van der Waals surface area contributed by atoms with Gasteiger partial charge in [-0.25, -0.2) is 14.8 Å². The van der Waals surface area contributed by atoms with Crippen LogP contribution in [0.3, 0.4) is 0 Å². The Bertz CT molecular complexity index is 928. The first-order valence-electron chi connectivity index (χ1n) is 9.15. The number of hydrogen-bond acceptors (Lipinski definition) is 4. The molecule has 0 radical (unpaired) electrons. The van der Waals surface area contributed by atoms with Crippen LogP contribution in [0.1, 0.15) is 30.9 Å². The molecule has 1 aliphatic heterocycles. The molecule has 3 aromatic rings. The van der Waals surface area contributed by atoms with E-state index in [1.54, 1.807) is 4.90 Å². The lowest BCUT2D eigenvalue weighted by Gasteiger charge is -2.20. The van der Waals surface area contributed by atoms with Gasteiger partial charge in [0.15, 0.2) is 0 Å². The Morgan fingerprint density at radius 1 is 1.15 bits per heavy atom. The highest BCUT2D eigenvalue weighted by molar-refractivity contribution is 6.33. The molecule has 1 atom stereocenters. The van der Waals surface area contributed by atoms with E-state index in [0.717, 1.165) is 35.9 Å². The number of ether oxygens (including phenoxy) is 1. The van der Waals surface area contributed by atoms with E-state index < -0.39 is 0 Å². The van der Waals surface area contributed by atoms with Crippen LogP contribution >= 0.6 is 11.6 Å². The Morgan fingerprint density at radius 3 is 2.85 bits per heavy atom. The van der Waals surface area contributed by atoms with Crippen LogP contribution in [-0.4, -0.2) is 38.6 Å². The van der Waals surface area contributed by atoms with Crippen LogP contribution in [0.5, 0.6) is 0 Å². The molecule has 140 valence electrons. The molecule has 27 heavy (non-hydrogen) atoms. The third kappa shape index (κ3) is 3.90. The van der Waals surface area contributed by atoms with Gasteiger partial charge in [-0.05, 0) is 30.9 Å². The summed E-state index contributed by atoms with van der Waals surface area (Å²) in [5.41, 5.74) is 1.84. The number of likely N-dealkylation sites (tertiary alicyclic amines) is 1. The lowest BCUT2D eigenvalue weighted by atomic mass is 10.1. The van der Waals surface area contributed by atoms with Gasteiger partial charge in [-0.2, -0.15) is 0 Å². The van der Waals surface area contributed by atoms with Crippen molar-refractivity contribution in [3.8, 4) is 0 Å². The van der Waals surface area contributed by atoms with Gasteiger partial charge in [-0.3, -0.25) is 0 Å². The summed E-state index contributed by atoms with van der Waals surface area (Å²) < 4.78 is 7.63. The quantitative estimate of drug-likeness (QED) is 0.626. The van der Waals surface area contributed by atoms with Gasteiger partial charge < -0.3 is 14.2 Å². The predicted octanol–water partition coefficient (Wildman–Crippen LogP) is 4.45. The van der Waals surface area contributed by atoms with E-state index in [9.17, 15) is 4.79 Å². The van der Waals surface area contributed by atoms with E-state index in [0.29, 0.717) is 24.8 Å². The molecule has 6 nitrogen and oxygen atoms in total. The first-order chi connectivity index (χ1) is 13.2. The number of aromatic nitrogens is 3. The summed E-state index contributed by atoms with van der Waals surface area (Å²) in [7, 11) is 0. The SMILES string of the molecule is O=C(OCc1ccccc1)N1CCCC(n2ccc3c(Cl)ncnc32)CC1. The second-order valence-electron chi connectivity index (χ2n) is 6.74. The molecule has 1 amide bonds. The average Bonchev–Trinajstić information content (AvgIpc) is 2.98. The maximum Gasteiger partial charge on any atom is 0.410 e. The van der Waals surface area contributed by atoms with Crippen molar-refractivity contribution in [1.29, 1.82) is 0 Å². The summed E-state index contributed by atoms with van der Waals surface area (Å²) in [6, 6.07) is 12.0. The molecule has 0 bridgehead atoms. The van der Waals surface area contributed by atoms with Crippen LogP contribution in [0.15, 0.2) is 48.9 Å². The number of benzene rings is 1. The molecule has 1 unspecified atom stereocenters. The zero-order valence-electron chi connectivity index (χ0n) is 14.9. The van der Waals surface area contributed by atoms with Crippen LogP contribution < -0.4 is 0 Å². The molecule has 1 fully saturated rings. The van der Waals surface area contributed by atoms with Gasteiger partial charge in [-0.1, -0.05) is 41.9 Å². The van der Waals surface area contributed by atoms with Gasteiger partial charge in [0.05, 0.1) is 5.39 Å². The highest BCUT2D eigenvalue weighted by Crippen LogP contribution is 2.29. The number of carbonyl (C=O) groups excluding carboxylic acids is 1. The fourth-order valence-electron chi connectivity index (χ4n) is 3.58. The number of rotatable bonds is 3. The monoisotopic (exact) mass is 384 g/mol. The van der Waals surface area contributed by atoms with E-state index in [4.69, 9.17) is 16.3 Å². The van der Waals surface area contributed by atoms with Crippen molar-refractivity contribution in [2.45, 2.75) is 31.9 Å². The lowest BCUT2D eigenvalue weighted by Crippen LogP contribution is -2.32. The van der Waals surface area contributed by atoms with Crippen molar-refractivity contribution in [2.24, 2.45) is 0 Å². The van der Waals surface area contributed by atoms with Crippen molar-refractivity contribution < 1.29 is 9.53 Å². The van der Waals surface area contributed by atoms with Gasteiger partial charge in [0.1, 0.15) is 23.7 Å². The molecular weight excluding hydrogens is 364 g/mol. The molecule has 0 spiro atoms. The predicted molar refractivity (Wildman–Crippen MR) is 104 cm³/mol. The molecule has 2 aromatic heterocycles. The summed E-state index contributed by atoms with van der Waals surface area (Å²) in [5.74, 6) is 0. The molecule has 4 rings (SSSR count). The van der Waals surface area contributed by atoms with E-state index >= 15 is 0 Å². The normalized spacial score (nSPS) is 17.7. The topological polar surface area (TPSA) is 60.2 Å². The maximum absolute atomic E-state index is 12.4. The number of hydrogen-bond donors (Lipinski definition) is 0. The first kappa shape index (κ1) is 17.8. The number of nitrogens with zero attached hydrogens (tertiary/aromatic N) is 4. The van der Waals surface area contributed by atoms with E-state index in [1.165, 1.54) is 6.33 Å². The second kappa shape index (κ2) is 7.96. The van der Waals surface area contributed by atoms with Crippen LogP contribution in [0, 0.1) is 0 Å². The first-order valence-corrected chi connectivity index (χ1v) is 9.53. The van der Waals surface area contributed by atoms with E-state index in [-0.39, 0.29) is 12.1 Å². The summed E-state index contributed by atoms with van der Waals surface area (Å²) in [6.45, 7) is 1.67. The summed E-state index contributed by atoms with van der Waals surface area (Å²) in [6.07, 6.45) is 6.01. The molecule has 0 N–H and O–H groups in total. The van der Waals surface area contributed by atoms with E-state index in [2.05, 4.69) is 14.5 Å². The van der Waals surface area contributed by atoms with Crippen molar-refractivity contribution in [2.75, 3.05) is 13.1 Å². The van der Waals surface area contributed by atoms with Gasteiger partial charge in [0.2, 0.25) is 0 Å². The van der Waals surface area contributed by atoms with Crippen LogP contribution in [-0.2, 0) is 11.3 Å². The third-order valence-electron chi connectivity index (χ3n) is 5.01. The van der Waals surface area contributed by atoms with Gasteiger partial charge in [0.25, 0.3) is 0 Å². The summed E-state index contributed by atoms with van der Waals surface area (Å²) >= 11 is 6.16. The molecule has 0 aliphatic carbocycles. The molecular formula is C20H21ClN4O2. The zero-order chi connectivity index (χ0) is 18.6. The Morgan fingerprint density at radius 2 is 2.00 bits per heavy atom. The van der Waals surface area contributed by atoms with Crippen molar-refractivity contribution in [1.82, 2.24) is 19.4 Å². The zero-order valence-corrected chi connectivity index (χ0v) is 15.7. The molecule has 0 saturated carbocycles. The Balaban J connectivity index is 1.40. The lowest BCUT2D eigenvalue weighted by molar-refractivity contribution is 0.0971. The minimum Gasteiger partial charge on any atom is -0.445 e. The number of fused-ring (bicyclic) bond motifs is 1. The molecule has 1 saturated heterocycles. The Hall–Kier alpha value is -2.60. The Labute approximate surface area is 162 Å². The molecule has 3 heterocycles. The van der Waals surface area contributed by atoms with Crippen LogP contribution in [0.2, 0.25) is 5.15 Å². The van der Waals surface area contributed by atoms with Crippen molar-refractivity contribution in [3.63, 3.8) is 0 Å². The molecule has 1 aromatic carbocycles. The second-order valence-corrected chi connectivity index (χ2v) is 7.09. The number of halogens is 1. The fourth-order valence-corrected chi connectivity index (χ4v) is 3.78. The largest absolute Gasteiger partial charge is 0.445 e. The van der Waals surface area contributed by atoms with Gasteiger partial charge in [-0.15, -0.1) is 0 Å². The van der Waals surface area contributed by atoms with Crippen LogP contribution in [0.4, 0.5) is 4.79 Å². The van der Waals surface area contributed by atoms with Gasteiger partial charge >= 0.3 is 6.09 Å². The average molecular weight is 385 g/mol. The summed E-state index contributed by atoms with van der Waals surface area (Å²) in [5, 5.41) is 1.33. The van der Waals surface area contributed by atoms with E-state index in [1.807, 2.05) is 42.6 Å². The Kier molecular flexibility index (Phi) is 5.25.